The Morgan fingerprint density at radius 1 is 1.15 bits per heavy atom. The molecule has 0 radical (unpaired) electrons. The molecule has 0 spiro atoms. The average Bonchev–Trinajstić information content (AvgIpc) is 3.50. The molecule has 1 aliphatic rings. The number of nitrogens with zero attached hydrogens (tertiary/aromatic N) is 4. The summed E-state index contributed by atoms with van der Waals surface area (Å²) < 4.78 is 59.2. The van der Waals surface area contributed by atoms with Crippen molar-refractivity contribution in [3.8, 4) is 17.1 Å². The highest BCUT2D eigenvalue weighted by Gasteiger charge is 2.25. The Morgan fingerprint density at radius 3 is 2.68 bits per heavy atom. The Hall–Kier alpha value is -3.81. The minimum Gasteiger partial charge on any atom is -0.478 e. The van der Waals surface area contributed by atoms with Gasteiger partial charge in [-0.3, -0.25) is 0 Å². The number of ether oxygens (including phenoxy) is 2. The van der Waals surface area contributed by atoms with Gasteiger partial charge in [-0.25, -0.2) is 32.9 Å². The number of hydrogen-bond acceptors (Lipinski definition) is 7. The summed E-state index contributed by atoms with van der Waals surface area (Å²) >= 11 is 4.75. The molecule has 2 aromatic carbocycles. The minimum absolute atomic E-state index is 0.00190. The van der Waals surface area contributed by atoms with E-state index in [1.54, 1.807) is 29.0 Å². The molecule has 1 aliphatic heterocycles. The lowest BCUT2D eigenvalue weighted by atomic mass is 10.0. The highest BCUT2D eigenvalue weighted by atomic mass is 79.9. The maximum Gasteiger partial charge on any atom is 0.335 e. The second-order valence-electron chi connectivity index (χ2n) is 9.36. The van der Waals surface area contributed by atoms with Gasteiger partial charge in [0, 0.05) is 24.7 Å². The normalized spacial score (nSPS) is 14.8. The monoisotopic (exact) mass is 644 g/mol. The zero-order valence-electron chi connectivity index (χ0n) is 21.1. The van der Waals surface area contributed by atoms with Crippen LogP contribution in [0, 0.1) is 17.5 Å². The fraction of sp³-hybridized carbons (Fsp3) is 0.214. The van der Waals surface area contributed by atoms with Crippen LogP contribution in [-0.2, 0) is 24.3 Å². The van der Waals surface area contributed by atoms with Crippen LogP contribution in [0.4, 0.5) is 13.2 Å². The van der Waals surface area contributed by atoms with Gasteiger partial charge < -0.3 is 19.1 Å². The van der Waals surface area contributed by atoms with Crippen molar-refractivity contribution in [3.05, 3.63) is 91.9 Å². The molecule has 0 bridgehead atoms. The Balaban J connectivity index is 1.30. The summed E-state index contributed by atoms with van der Waals surface area (Å²) in [6.45, 7) is 1.01. The Morgan fingerprint density at radius 2 is 1.98 bits per heavy atom. The van der Waals surface area contributed by atoms with E-state index in [0.29, 0.717) is 6.61 Å². The number of imidazole rings is 1. The second kappa shape index (κ2) is 11.2. The van der Waals surface area contributed by atoms with E-state index in [9.17, 15) is 14.3 Å². The van der Waals surface area contributed by atoms with Gasteiger partial charge in [-0.15, -0.1) is 11.3 Å². The number of aromatic nitrogens is 4. The third kappa shape index (κ3) is 5.69. The summed E-state index contributed by atoms with van der Waals surface area (Å²) in [7, 11) is 0. The molecule has 1 fully saturated rings. The molecule has 4 heterocycles. The summed E-state index contributed by atoms with van der Waals surface area (Å²) in [6, 6.07) is 9.12. The van der Waals surface area contributed by atoms with Gasteiger partial charge in [-0.05, 0) is 58.2 Å². The maximum atomic E-state index is 15.4. The lowest BCUT2D eigenvalue weighted by Gasteiger charge is -2.27. The molecule has 3 aromatic heterocycles. The Bertz CT molecular complexity index is 1790. The summed E-state index contributed by atoms with van der Waals surface area (Å²) in [5.41, 5.74) is 0.0880. The van der Waals surface area contributed by atoms with Crippen LogP contribution >= 0.6 is 27.3 Å². The fourth-order valence-electron chi connectivity index (χ4n) is 4.55. The van der Waals surface area contributed by atoms with E-state index >= 15 is 8.78 Å². The molecule has 41 heavy (non-hydrogen) atoms. The number of carboxylic acids is 1. The molecule has 6 rings (SSSR count). The predicted octanol–water partition coefficient (Wildman–Crippen LogP) is 6.39. The summed E-state index contributed by atoms with van der Waals surface area (Å²) in [5, 5.41) is 10.1. The smallest absolute Gasteiger partial charge is 0.335 e. The number of pyridine rings is 1. The van der Waals surface area contributed by atoms with Gasteiger partial charge in [-0.2, -0.15) is 0 Å². The molecule has 0 unspecified atom stereocenters. The van der Waals surface area contributed by atoms with Crippen molar-refractivity contribution in [1.82, 2.24) is 19.5 Å². The number of carbonyl (C=O) groups is 1. The molecule has 1 atom stereocenters. The molecule has 0 amide bonds. The van der Waals surface area contributed by atoms with Gasteiger partial charge in [0.05, 0.1) is 39.4 Å². The van der Waals surface area contributed by atoms with Crippen LogP contribution in [0.25, 0.3) is 22.3 Å². The highest BCUT2D eigenvalue weighted by molar-refractivity contribution is 9.11. The number of hydrogen-bond donors (Lipinski definition) is 1. The zero-order valence-corrected chi connectivity index (χ0v) is 23.5. The van der Waals surface area contributed by atoms with Crippen molar-refractivity contribution in [3.63, 3.8) is 0 Å². The molecule has 13 heteroatoms. The molecule has 1 N–H and O–H groups in total. The first kappa shape index (κ1) is 27.4. The molecule has 1 saturated heterocycles. The third-order valence-electron chi connectivity index (χ3n) is 6.67. The first-order valence-electron chi connectivity index (χ1n) is 12.5. The number of carboxylic acid groups (broad SMARTS) is 1. The largest absolute Gasteiger partial charge is 0.478 e. The molecule has 0 saturated carbocycles. The number of thiazole rings is 1. The van der Waals surface area contributed by atoms with Crippen molar-refractivity contribution < 1.29 is 32.5 Å². The van der Waals surface area contributed by atoms with Crippen molar-refractivity contribution in [2.24, 2.45) is 0 Å². The zero-order chi connectivity index (χ0) is 28.7. The number of rotatable bonds is 9. The highest BCUT2D eigenvalue weighted by Crippen LogP contribution is 2.30. The molecule has 210 valence electrons. The summed E-state index contributed by atoms with van der Waals surface area (Å²) in [5.74, 6) is -3.03. The number of aromatic carboxylic acids is 1. The van der Waals surface area contributed by atoms with E-state index in [4.69, 9.17) is 9.47 Å². The van der Waals surface area contributed by atoms with Crippen molar-refractivity contribution in [2.75, 3.05) is 6.61 Å². The number of fused-ring (bicyclic) bond motifs is 1. The molecular weight excluding hydrogens is 625 g/mol. The van der Waals surface area contributed by atoms with Crippen LogP contribution < -0.4 is 4.74 Å². The second-order valence-corrected chi connectivity index (χ2v) is 11.9. The van der Waals surface area contributed by atoms with Crippen LogP contribution in [0.1, 0.15) is 33.2 Å². The minimum atomic E-state index is -1.29. The van der Waals surface area contributed by atoms with E-state index in [-0.39, 0.29) is 70.8 Å². The van der Waals surface area contributed by atoms with Gasteiger partial charge >= 0.3 is 5.97 Å². The Labute approximate surface area is 243 Å². The van der Waals surface area contributed by atoms with Gasteiger partial charge in [0.15, 0.2) is 5.82 Å². The first-order valence-corrected chi connectivity index (χ1v) is 14.1. The van der Waals surface area contributed by atoms with Crippen LogP contribution in [0.5, 0.6) is 5.88 Å². The van der Waals surface area contributed by atoms with E-state index in [1.165, 1.54) is 17.4 Å². The average molecular weight is 645 g/mol. The lowest BCUT2D eigenvalue weighted by molar-refractivity contribution is -0.0589. The quantitative estimate of drug-likeness (QED) is 0.198. The van der Waals surface area contributed by atoms with Gasteiger partial charge in [0.25, 0.3) is 0 Å². The third-order valence-corrected chi connectivity index (χ3v) is 8.12. The molecule has 8 nitrogen and oxygen atoms in total. The Kier molecular flexibility index (Phi) is 7.49. The van der Waals surface area contributed by atoms with Crippen LogP contribution in [0.15, 0.2) is 52.4 Å². The molecule has 0 aliphatic carbocycles. The van der Waals surface area contributed by atoms with Crippen LogP contribution in [0.2, 0.25) is 0 Å². The molecule has 5 aromatic rings. The van der Waals surface area contributed by atoms with Gasteiger partial charge in [0.2, 0.25) is 5.88 Å². The maximum absolute atomic E-state index is 15.4. The van der Waals surface area contributed by atoms with E-state index < -0.39 is 23.4 Å². The van der Waals surface area contributed by atoms with E-state index in [0.717, 1.165) is 33.4 Å². The van der Waals surface area contributed by atoms with Crippen LogP contribution in [-0.4, -0.2) is 43.3 Å². The van der Waals surface area contributed by atoms with E-state index in [1.807, 2.05) is 0 Å². The van der Waals surface area contributed by atoms with Crippen molar-refractivity contribution >= 4 is 44.3 Å². The summed E-state index contributed by atoms with van der Waals surface area (Å²) in [6.07, 6.45) is 2.08. The van der Waals surface area contributed by atoms with Crippen LogP contribution in [0.3, 0.4) is 0 Å². The number of benzene rings is 2. The standard InChI is InChI=1S/C28H20BrF3N4O4S/c29-23-11-33-26(41-23)13-40-25-3-1-2-21(34-25)17-10-18(30)14(6-19(17)31)9-24-35-27-20(32)7-15(28(37)38)8-22(27)36(24)12-16-4-5-39-16/h1-3,6-8,10-11,16H,4-5,9,12-13H2,(H,37,38)/t16-/m0/s1. The van der Waals surface area contributed by atoms with Crippen molar-refractivity contribution in [2.45, 2.75) is 32.1 Å². The first-order chi connectivity index (χ1) is 19.7. The molecular formula is C28H20BrF3N4O4S. The fourth-order valence-corrected chi connectivity index (χ4v) is 5.77. The topological polar surface area (TPSA) is 99.4 Å². The predicted molar refractivity (Wildman–Crippen MR) is 148 cm³/mol. The van der Waals surface area contributed by atoms with Gasteiger partial charge in [0.1, 0.15) is 34.6 Å². The lowest BCUT2D eigenvalue weighted by Crippen LogP contribution is -2.31. The van der Waals surface area contributed by atoms with Crippen molar-refractivity contribution in [1.29, 1.82) is 0 Å². The number of halogens is 4. The summed E-state index contributed by atoms with van der Waals surface area (Å²) in [4.78, 5) is 24.4. The SMILES string of the molecule is O=C(O)c1cc(F)c2nc(Cc3cc(F)c(-c4cccc(OCc5ncc(Br)s5)n4)cc3F)n(C[C@@H]3CCO3)c2c1. The van der Waals surface area contributed by atoms with E-state index in [2.05, 4.69) is 30.9 Å². The van der Waals surface area contributed by atoms with Gasteiger partial charge in [-0.1, -0.05) is 6.07 Å².